The quantitative estimate of drug-likeness (QED) is 0.863. The van der Waals surface area contributed by atoms with Gasteiger partial charge in [0.15, 0.2) is 0 Å². The van der Waals surface area contributed by atoms with E-state index >= 15 is 0 Å². The molecule has 5 heteroatoms. The Morgan fingerprint density at radius 2 is 1.82 bits per heavy atom. The topological polar surface area (TPSA) is 49.4 Å². The molecular weight excluding hydrogens is 236 g/mol. The number of amides is 2. The minimum atomic E-state index is -0.0900. The molecule has 0 heterocycles. The summed E-state index contributed by atoms with van der Waals surface area (Å²) < 4.78 is 0. The first kappa shape index (κ1) is 13.6. The number of para-hydroxylation sites is 1. The van der Waals surface area contributed by atoms with Crippen LogP contribution in [-0.4, -0.2) is 42.3 Å². The minimum absolute atomic E-state index is 0.0162. The Balaban J connectivity index is 2.25. The van der Waals surface area contributed by atoms with Crippen molar-refractivity contribution in [1.29, 1.82) is 0 Å². The minimum Gasteiger partial charge on any atom is -0.348 e. The van der Waals surface area contributed by atoms with Crippen LogP contribution in [0.3, 0.4) is 0 Å². The number of benzene rings is 1. The summed E-state index contributed by atoms with van der Waals surface area (Å²) in [5.41, 5.74) is 0.775. The first-order chi connectivity index (χ1) is 8.09. The molecule has 92 valence electrons. The highest BCUT2D eigenvalue weighted by Crippen LogP contribution is 2.07. The van der Waals surface area contributed by atoms with E-state index in [2.05, 4.69) is 5.32 Å². The molecule has 4 nitrogen and oxygen atoms in total. The molecule has 0 radical (unpaired) electrons. The highest BCUT2D eigenvalue weighted by Gasteiger charge is 2.06. The Morgan fingerprint density at radius 3 is 2.41 bits per heavy atom. The molecule has 0 spiro atoms. The summed E-state index contributed by atoms with van der Waals surface area (Å²) in [7, 11) is 3.40. The Bertz CT molecular complexity index is 379. The standard InChI is InChI=1S/C12H16N2O2S/c1-14(2)12(16)9-17-8-11(15)13-10-6-4-3-5-7-10/h3-7H,8-9H2,1-2H3,(H,13,15). The Hall–Kier alpha value is -1.49. The van der Waals surface area contributed by atoms with Crippen molar-refractivity contribution in [3.8, 4) is 0 Å². The predicted octanol–water partition coefficient (Wildman–Crippen LogP) is 1.45. The number of carbonyl (C=O) groups excluding carboxylic acids is 2. The number of anilines is 1. The number of hydrogen-bond acceptors (Lipinski definition) is 3. The lowest BCUT2D eigenvalue weighted by molar-refractivity contribution is -0.125. The molecule has 0 atom stereocenters. The summed E-state index contributed by atoms with van der Waals surface area (Å²) in [4.78, 5) is 24.3. The van der Waals surface area contributed by atoms with Gasteiger partial charge in [0.05, 0.1) is 11.5 Å². The molecule has 1 aromatic carbocycles. The number of nitrogens with zero attached hydrogens (tertiary/aromatic N) is 1. The van der Waals surface area contributed by atoms with Crippen LogP contribution in [0.4, 0.5) is 5.69 Å². The average Bonchev–Trinajstić information content (AvgIpc) is 2.30. The SMILES string of the molecule is CN(C)C(=O)CSCC(=O)Nc1ccccc1. The van der Waals surface area contributed by atoms with E-state index in [-0.39, 0.29) is 17.6 Å². The fourth-order valence-corrected chi connectivity index (χ4v) is 1.87. The van der Waals surface area contributed by atoms with Crippen LogP contribution in [0.1, 0.15) is 0 Å². The maximum absolute atomic E-state index is 11.5. The van der Waals surface area contributed by atoms with Crippen molar-refractivity contribution < 1.29 is 9.59 Å². The largest absolute Gasteiger partial charge is 0.348 e. The van der Waals surface area contributed by atoms with Crippen molar-refractivity contribution in [3.63, 3.8) is 0 Å². The van der Waals surface area contributed by atoms with E-state index in [0.717, 1.165) is 5.69 Å². The average molecular weight is 252 g/mol. The van der Waals surface area contributed by atoms with E-state index in [0.29, 0.717) is 5.75 Å². The smallest absolute Gasteiger partial charge is 0.234 e. The molecule has 0 saturated heterocycles. The van der Waals surface area contributed by atoms with Gasteiger partial charge < -0.3 is 10.2 Å². The van der Waals surface area contributed by atoms with Crippen LogP contribution in [0.25, 0.3) is 0 Å². The van der Waals surface area contributed by atoms with Crippen molar-refractivity contribution in [1.82, 2.24) is 4.90 Å². The molecule has 0 unspecified atom stereocenters. The van der Waals surface area contributed by atoms with Crippen molar-refractivity contribution in [2.24, 2.45) is 0 Å². The third kappa shape index (κ3) is 5.40. The number of hydrogen-bond donors (Lipinski definition) is 1. The van der Waals surface area contributed by atoms with Gasteiger partial charge >= 0.3 is 0 Å². The van der Waals surface area contributed by atoms with Gasteiger partial charge in [0, 0.05) is 19.8 Å². The number of rotatable bonds is 5. The zero-order chi connectivity index (χ0) is 12.7. The fourth-order valence-electron chi connectivity index (χ4n) is 1.08. The lowest BCUT2D eigenvalue weighted by atomic mass is 10.3. The normalized spacial score (nSPS) is 9.76. The Labute approximate surface area is 105 Å². The van der Waals surface area contributed by atoms with Crippen LogP contribution in [0.5, 0.6) is 0 Å². The molecule has 0 fully saturated rings. The van der Waals surface area contributed by atoms with Gasteiger partial charge in [-0.2, -0.15) is 0 Å². The van der Waals surface area contributed by atoms with Crippen molar-refractivity contribution in [3.05, 3.63) is 30.3 Å². The molecule has 0 aliphatic rings. The summed E-state index contributed by atoms with van der Waals surface area (Å²) in [6, 6.07) is 9.26. The van der Waals surface area contributed by atoms with Crippen LogP contribution in [0.15, 0.2) is 30.3 Å². The molecule has 0 aliphatic carbocycles. The molecule has 1 aromatic rings. The van der Waals surface area contributed by atoms with Crippen LogP contribution < -0.4 is 5.32 Å². The van der Waals surface area contributed by atoms with Gasteiger partial charge in [-0.05, 0) is 12.1 Å². The predicted molar refractivity (Wildman–Crippen MR) is 71.1 cm³/mol. The molecule has 2 amide bonds. The molecule has 0 saturated carbocycles. The van der Waals surface area contributed by atoms with E-state index in [1.54, 1.807) is 14.1 Å². The van der Waals surface area contributed by atoms with Gasteiger partial charge in [0.25, 0.3) is 0 Å². The lowest BCUT2D eigenvalue weighted by Gasteiger charge is -2.09. The highest BCUT2D eigenvalue weighted by atomic mass is 32.2. The number of carbonyl (C=O) groups is 2. The van der Waals surface area contributed by atoms with Crippen molar-refractivity contribution in [2.75, 3.05) is 30.9 Å². The summed E-state index contributed by atoms with van der Waals surface area (Å²) >= 11 is 1.31. The molecule has 1 rings (SSSR count). The summed E-state index contributed by atoms with van der Waals surface area (Å²) in [6.07, 6.45) is 0. The van der Waals surface area contributed by atoms with Crippen LogP contribution >= 0.6 is 11.8 Å². The van der Waals surface area contributed by atoms with E-state index in [9.17, 15) is 9.59 Å². The van der Waals surface area contributed by atoms with Crippen LogP contribution in [0, 0.1) is 0 Å². The highest BCUT2D eigenvalue weighted by molar-refractivity contribution is 8.00. The van der Waals surface area contributed by atoms with Gasteiger partial charge in [-0.25, -0.2) is 0 Å². The summed E-state index contributed by atoms with van der Waals surface area (Å²) in [6.45, 7) is 0. The maximum atomic E-state index is 11.5. The van der Waals surface area contributed by atoms with E-state index < -0.39 is 0 Å². The molecule has 0 aromatic heterocycles. The second-order valence-corrected chi connectivity index (χ2v) is 4.68. The number of thioether (sulfide) groups is 1. The first-order valence-corrected chi connectivity index (χ1v) is 6.38. The van der Waals surface area contributed by atoms with E-state index in [1.807, 2.05) is 30.3 Å². The second kappa shape index (κ2) is 6.96. The molecule has 0 bridgehead atoms. The van der Waals surface area contributed by atoms with Gasteiger partial charge in [-0.3, -0.25) is 9.59 Å². The van der Waals surface area contributed by atoms with Gasteiger partial charge in [-0.1, -0.05) is 18.2 Å². The van der Waals surface area contributed by atoms with Gasteiger partial charge in [0.1, 0.15) is 0 Å². The summed E-state index contributed by atoms with van der Waals surface area (Å²) in [5.74, 6) is 0.541. The van der Waals surface area contributed by atoms with Gasteiger partial charge in [0.2, 0.25) is 11.8 Å². The Kier molecular flexibility index (Phi) is 5.56. The van der Waals surface area contributed by atoms with Crippen molar-refractivity contribution in [2.45, 2.75) is 0 Å². The molecule has 0 aliphatic heterocycles. The van der Waals surface area contributed by atoms with Crippen LogP contribution in [0.2, 0.25) is 0 Å². The zero-order valence-corrected chi connectivity index (χ0v) is 10.8. The lowest BCUT2D eigenvalue weighted by Crippen LogP contribution is -2.24. The molecule has 17 heavy (non-hydrogen) atoms. The van der Waals surface area contributed by atoms with Crippen LogP contribution in [-0.2, 0) is 9.59 Å². The van der Waals surface area contributed by atoms with E-state index in [4.69, 9.17) is 0 Å². The number of nitrogens with one attached hydrogen (secondary N) is 1. The third-order valence-electron chi connectivity index (χ3n) is 2.02. The van der Waals surface area contributed by atoms with Crippen molar-refractivity contribution >= 4 is 29.3 Å². The fraction of sp³-hybridized carbons (Fsp3) is 0.333. The third-order valence-corrected chi connectivity index (χ3v) is 2.93. The molecular formula is C12H16N2O2S. The van der Waals surface area contributed by atoms with Gasteiger partial charge in [-0.15, -0.1) is 11.8 Å². The first-order valence-electron chi connectivity index (χ1n) is 5.22. The van der Waals surface area contributed by atoms with E-state index in [1.165, 1.54) is 16.7 Å². The second-order valence-electron chi connectivity index (χ2n) is 3.70. The zero-order valence-electron chi connectivity index (χ0n) is 9.97. The molecule has 1 N–H and O–H groups in total. The monoisotopic (exact) mass is 252 g/mol. The summed E-state index contributed by atoms with van der Waals surface area (Å²) in [5, 5.41) is 2.76. The maximum Gasteiger partial charge on any atom is 0.234 e. The Morgan fingerprint density at radius 1 is 1.18 bits per heavy atom.